The van der Waals surface area contributed by atoms with E-state index in [1.54, 1.807) is 4.90 Å². The Balaban J connectivity index is 1.59. The van der Waals surface area contributed by atoms with Gasteiger partial charge in [0.15, 0.2) is 0 Å². The molecule has 2 aliphatic heterocycles. The lowest BCUT2D eigenvalue weighted by Gasteiger charge is -2.35. The molecule has 1 N–H and O–H groups in total. The highest BCUT2D eigenvalue weighted by Crippen LogP contribution is 2.23. The molecule has 5 heteroatoms. The topological polar surface area (TPSA) is 52.7 Å². The highest BCUT2D eigenvalue weighted by atomic mass is 16.2. The van der Waals surface area contributed by atoms with Crippen LogP contribution < -0.4 is 10.2 Å². The molecule has 0 spiro atoms. The number of para-hydroxylation sites is 1. The summed E-state index contributed by atoms with van der Waals surface area (Å²) in [5, 5.41) is 3.04. The summed E-state index contributed by atoms with van der Waals surface area (Å²) in [7, 11) is 0. The number of nitrogens with one attached hydrogen (secondary N) is 1. The molecule has 0 aliphatic carbocycles. The van der Waals surface area contributed by atoms with Crippen molar-refractivity contribution in [1.29, 1.82) is 0 Å². The fraction of sp³-hybridized carbons (Fsp3) is 0.556. The molecule has 1 aromatic carbocycles. The smallest absolute Gasteiger partial charge is 0.317 e. The van der Waals surface area contributed by atoms with Crippen molar-refractivity contribution >= 4 is 17.6 Å². The average molecular weight is 315 g/mol. The molecule has 2 fully saturated rings. The summed E-state index contributed by atoms with van der Waals surface area (Å²) in [6.45, 7) is 6.53. The molecule has 0 aromatic heterocycles. The van der Waals surface area contributed by atoms with Crippen molar-refractivity contribution in [2.75, 3.05) is 24.5 Å². The number of rotatable bonds is 2. The zero-order valence-corrected chi connectivity index (χ0v) is 13.9. The van der Waals surface area contributed by atoms with Crippen molar-refractivity contribution in [3.05, 3.63) is 30.3 Å². The molecule has 1 aromatic rings. The summed E-state index contributed by atoms with van der Waals surface area (Å²) >= 11 is 0. The first-order chi connectivity index (χ1) is 11.0. The van der Waals surface area contributed by atoms with Gasteiger partial charge in [-0.15, -0.1) is 0 Å². The number of likely N-dealkylation sites (tertiary alicyclic amines) is 1. The Kier molecular flexibility index (Phi) is 4.55. The van der Waals surface area contributed by atoms with Gasteiger partial charge in [0.1, 0.15) is 0 Å². The molecular formula is C18H25N3O2. The maximum atomic E-state index is 12.5. The van der Waals surface area contributed by atoms with Gasteiger partial charge in [-0.05, 0) is 30.4 Å². The number of piperidine rings is 1. The summed E-state index contributed by atoms with van der Waals surface area (Å²) in [6, 6.07) is 9.49. The second-order valence-electron chi connectivity index (χ2n) is 7.04. The minimum Gasteiger partial charge on any atom is -0.333 e. The lowest BCUT2D eigenvalue weighted by atomic mass is 9.92. The molecule has 3 amide bonds. The minimum atomic E-state index is -0.109. The number of hydrogen-bond acceptors (Lipinski definition) is 2. The minimum absolute atomic E-state index is 0.0314. The molecular weight excluding hydrogens is 290 g/mol. The number of anilines is 1. The van der Waals surface area contributed by atoms with Crippen molar-refractivity contribution in [2.45, 2.75) is 32.7 Å². The lowest BCUT2D eigenvalue weighted by molar-refractivity contribution is -0.117. The van der Waals surface area contributed by atoms with E-state index in [0.717, 1.165) is 18.8 Å². The van der Waals surface area contributed by atoms with Crippen LogP contribution in [0.15, 0.2) is 30.3 Å². The Morgan fingerprint density at radius 1 is 1.09 bits per heavy atom. The van der Waals surface area contributed by atoms with E-state index in [2.05, 4.69) is 19.2 Å². The highest BCUT2D eigenvalue weighted by Gasteiger charge is 2.33. The Labute approximate surface area is 137 Å². The number of carbonyl (C=O) groups excluding carboxylic acids is 2. The first-order valence-electron chi connectivity index (χ1n) is 8.43. The maximum Gasteiger partial charge on any atom is 0.317 e. The Hall–Kier alpha value is -2.04. The van der Waals surface area contributed by atoms with Crippen LogP contribution in [-0.4, -0.2) is 42.5 Å². The average Bonchev–Trinajstić information content (AvgIpc) is 2.87. The molecule has 124 valence electrons. The summed E-state index contributed by atoms with van der Waals surface area (Å²) in [6.07, 6.45) is 1.55. The van der Waals surface area contributed by atoms with Crippen LogP contribution in [0.3, 0.4) is 0 Å². The van der Waals surface area contributed by atoms with Gasteiger partial charge in [-0.3, -0.25) is 4.79 Å². The maximum absolute atomic E-state index is 12.5. The van der Waals surface area contributed by atoms with Crippen LogP contribution in [0.25, 0.3) is 0 Å². The third-order valence-corrected chi connectivity index (χ3v) is 4.68. The number of urea groups is 1. The molecule has 23 heavy (non-hydrogen) atoms. The number of benzene rings is 1. The van der Waals surface area contributed by atoms with Gasteiger partial charge in [-0.1, -0.05) is 32.0 Å². The largest absolute Gasteiger partial charge is 0.333 e. The fourth-order valence-corrected chi connectivity index (χ4v) is 3.76. The molecule has 5 nitrogen and oxygen atoms in total. The van der Waals surface area contributed by atoms with Crippen LogP contribution in [0.1, 0.15) is 26.7 Å². The van der Waals surface area contributed by atoms with Gasteiger partial charge in [0.2, 0.25) is 5.91 Å². The third-order valence-electron chi connectivity index (χ3n) is 4.68. The van der Waals surface area contributed by atoms with Crippen molar-refractivity contribution in [2.24, 2.45) is 11.8 Å². The second kappa shape index (κ2) is 6.60. The third kappa shape index (κ3) is 3.66. The van der Waals surface area contributed by atoms with E-state index in [4.69, 9.17) is 0 Å². The standard InChI is InChI=1S/C18H25N3O2/c1-13-8-14(2)11-20(10-13)18(23)19-15-9-17(22)21(12-15)16-6-4-3-5-7-16/h3-7,13-15H,8-12H2,1-2H3,(H,19,23). The molecule has 3 rings (SSSR count). The van der Waals surface area contributed by atoms with Crippen molar-refractivity contribution < 1.29 is 9.59 Å². The number of hydrogen-bond donors (Lipinski definition) is 1. The van der Waals surface area contributed by atoms with E-state index in [9.17, 15) is 9.59 Å². The summed E-state index contributed by atoms with van der Waals surface area (Å²) in [4.78, 5) is 28.3. The van der Waals surface area contributed by atoms with Gasteiger partial charge >= 0.3 is 6.03 Å². The van der Waals surface area contributed by atoms with Gasteiger partial charge in [0.05, 0.1) is 6.04 Å². The van der Waals surface area contributed by atoms with E-state index in [1.165, 1.54) is 6.42 Å². The predicted octanol–water partition coefficient (Wildman–Crippen LogP) is 2.48. The van der Waals surface area contributed by atoms with Crippen molar-refractivity contribution in [3.8, 4) is 0 Å². The predicted molar refractivity (Wildman–Crippen MR) is 90.2 cm³/mol. The Morgan fingerprint density at radius 2 is 1.74 bits per heavy atom. The molecule has 3 unspecified atom stereocenters. The zero-order chi connectivity index (χ0) is 16.4. The SMILES string of the molecule is CC1CC(C)CN(C(=O)NC2CC(=O)N(c3ccccc3)C2)C1. The quantitative estimate of drug-likeness (QED) is 0.911. The fourth-order valence-electron chi connectivity index (χ4n) is 3.76. The molecule has 3 atom stereocenters. The van der Waals surface area contributed by atoms with E-state index in [0.29, 0.717) is 24.8 Å². The van der Waals surface area contributed by atoms with Crippen molar-refractivity contribution in [1.82, 2.24) is 10.2 Å². The zero-order valence-electron chi connectivity index (χ0n) is 13.9. The molecule has 2 aliphatic rings. The summed E-state index contributed by atoms with van der Waals surface area (Å²) in [5.74, 6) is 1.15. The van der Waals surface area contributed by atoms with Gasteiger partial charge in [0.25, 0.3) is 0 Å². The van der Waals surface area contributed by atoms with Gasteiger partial charge in [-0.2, -0.15) is 0 Å². The monoisotopic (exact) mass is 315 g/mol. The van der Waals surface area contributed by atoms with Crippen LogP contribution >= 0.6 is 0 Å². The molecule has 2 heterocycles. The summed E-state index contributed by atoms with van der Waals surface area (Å²) < 4.78 is 0. The number of amides is 3. The van der Waals surface area contributed by atoms with Crippen LogP contribution in [0.4, 0.5) is 10.5 Å². The van der Waals surface area contributed by atoms with E-state index < -0.39 is 0 Å². The van der Waals surface area contributed by atoms with Crippen LogP contribution in [-0.2, 0) is 4.79 Å². The van der Waals surface area contributed by atoms with E-state index in [1.807, 2.05) is 35.2 Å². The van der Waals surface area contributed by atoms with E-state index in [-0.39, 0.29) is 18.0 Å². The number of carbonyl (C=O) groups is 2. The first kappa shape index (κ1) is 15.8. The molecule has 0 radical (unpaired) electrons. The van der Waals surface area contributed by atoms with Gasteiger partial charge < -0.3 is 15.1 Å². The van der Waals surface area contributed by atoms with Crippen molar-refractivity contribution in [3.63, 3.8) is 0 Å². The molecule has 2 saturated heterocycles. The van der Waals surface area contributed by atoms with Crippen LogP contribution in [0.5, 0.6) is 0 Å². The number of nitrogens with zero attached hydrogens (tertiary/aromatic N) is 2. The normalized spacial score (nSPS) is 28.1. The second-order valence-corrected chi connectivity index (χ2v) is 7.04. The summed E-state index contributed by atoms with van der Waals surface area (Å²) in [5.41, 5.74) is 0.898. The van der Waals surface area contributed by atoms with Gasteiger partial charge in [0, 0.05) is 31.7 Å². The van der Waals surface area contributed by atoms with Crippen LogP contribution in [0.2, 0.25) is 0 Å². The lowest BCUT2D eigenvalue weighted by Crippen LogP contribution is -2.50. The van der Waals surface area contributed by atoms with E-state index >= 15 is 0 Å². The first-order valence-corrected chi connectivity index (χ1v) is 8.43. The molecule has 0 saturated carbocycles. The molecule has 0 bridgehead atoms. The van der Waals surface area contributed by atoms with Gasteiger partial charge in [-0.25, -0.2) is 4.79 Å². The Bertz CT molecular complexity index is 565. The highest BCUT2D eigenvalue weighted by molar-refractivity contribution is 5.96. The Morgan fingerprint density at radius 3 is 2.39 bits per heavy atom. The van der Waals surface area contributed by atoms with Crippen LogP contribution in [0, 0.1) is 11.8 Å².